The van der Waals surface area contributed by atoms with Crippen molar-refractivity contribution >= 4 is 47.3 Å². The van der Waals surface area contributed by atoms with Gasteiger partial charge in [0.05, 0.1) is 18.3 Å². The molecule has 3 rings (SSSR count). The summed E-state index contributed by atoms with van der Waals surface area (Å²) in [6.07, 6.45) is -1.27. The molecule has 4 amide bonds. The zero-order valence-electron chi connectivity index (χ0n) is 23.1. The highest BCUT2D eigenvalue weighted by Crippen LogP contribution is 2.23. The predicted molar refractivity (Wildman–Crippen MR) is 148 cm³/mol. The molecule has 1 saturated heterocycles. The number of aliphatic hydroxyl groups is 2. The van der Waals surface area contributed by atoms with Gasteiger partial charge in [-0.25, -0.2) is 4.79 Å². The number of aliphatic hydroxyl groups excluding tert-OH is 2. The topological polar surface area (TPSA) is 238 Å². The van der Waals surface area contributed by atoms with Crippen LogP contribution in [0.5, 0.6) is 0 Å². The fourth-order valence-corrected chi connectivity index (χ4v) is 5.61. The van der Waals surface area contributed by atoms with E-state index < -0.39 is 85.1 Å². The van der Waals surface area contributed by atoms with Crippen LogP contribution in [0.25, 0.3) is 0 Å². The lowest BCUT2D eigenvalue weighted by atomic mass is 10.0. The Kier molecular flexibility index (Phi) is 11.3. The first-order valence-electron chi connectivity index (χ1n) is 13.2. The van der Waals surface area contributed by atoms with E-state index in [-0.39, 0.29) is 30.0 Å². The van der Waals surface area contributed by atoms with E-state index in [2.05, 4.69) is 16.0 Å². The molecule has 1 fully saturated rings. The number of nitrogens with two attached hydrogens (primary N) is 1. The molecule has 42 heavy (non-hydrogen) atoms. The number of esters is 1. The van der Waals surface area contributed by atoms with Crippen molar-refractivity contribution in [1.82, 2.24) is 20.9 Å². The highest BCUT2D eigenvalue weighted by molar-refractivity contribution is 7.98. The maximum atomic E-state index is 13.4. The number of aliphatic carboxylic acids is 1. The minimum absolute atomic E-state index is 0.00429. The number of likely N-dealkylation sites (tertiary alicyclic amines) is 1. The third kappa shape index (κ3) is 7.76. The average molecular weight is 610 g/mol. The lowest BCUT2D eigenvalue weighted by Crippen LogP contribution is -2.61. The number of nitrogens with one attached hydrogen (secondary N) is 3. The third-order valence-corrected chi connectivity index (χ3v) is 8.00. The van der Waals surface area contributed by atoms with Gasteiger partial charge in [0.2, 0.25) is 23.6 Å². The van der Waals surface area contributed by atoms with Crippen molar-refractivity contribution in [3.05, 3.63) is 34.9 Å². The summed E-state index contributed by atoms with van der Waals surface area (Å²) < 4.78 is 5.42. The first-order chi connectivity index (χ1) is 19.8. The fraction of sp³-hybridized carbons (Fsp3) is 0.538. The van der Waals surface area contributed by atoms with Crippen LogP contribution in [-0.2, 0) is 34.5 Å². The molecule has 0 aromatic heterocycles. The number of carboxylic acid groups (broad SMARTS) is 1. The number of rotatable bonds is 7. The molecule has 8 N–H and O–H groups in total. The predicted octanol–water partition coefficient (Wildman–Crippen LogP) is -2.76. The van der Waals surface area contributed by atoms with E-state index in [0.717, 1.165) is 4.90 Å². The lowest BCUT2D eigenvalue weighted by molar-refractivity contribution is -0.143. The van der Waals surface area contributed by atoms with Crippen molar-refractivity contribution in [3.8, 4) is 0 Å². The van der Waals surface area contributed by atoms with Crippen LogP contribution in [0.3, 0.4) is 0 Å². The highest BCUT2D eigenvalue weighted by atomic mass is 32.2. The molecule has 6 atom stereocenters. The summed E-state index contributed by atoms with van der Waals surface area (Å²) in [5.41, 5.74) is 7.10. The number of hydrogen-bond donors (Lipinski definition) is 7. The van der Waals surface area contributed by atoms with Crippen molar-refractivity contribution < 1.29 is 48.8 Å². The van der Waals surface area contributed by atoms with Gasteiger partial charge in [0, 0.05) is 18.1 Å². The smallest absolute Gasteiger partial charge is 0.338 e. The highest BCUT2D eigenvalue weighted by Gasteiger charge is 2.43. The Morgan fingerprint density at radius 2 is 1.95 bits per heavy atom. The van der Waals surface area contributed by atoms with Crippen LogP contribution in [0, 0.1) is 6.92 Å². The number of thioether (sulfide) groups is 1. The van der Waals surface area contributed by atoms with Crippen LogP contribution >= 0.6 is 11.8 Å². The summed E-state index contributed by atoms with van der Waals surface area (Å²) in [6, 6.07) is -1.66. The van der Waals surface area contributed by atoms with Crippen LogP contribution in [0.1, 0.15) is 34.8 Å². The zero-order valence-corrected chi connectivity index (χ0v) is 23.9. The number of carboxylic acids is 1. The largest absolute Gasteiger partial charge is 0.480 e. The van der Waals surface area contributed by atoms with Crippen LogP contribution in [0.15, 0.2) is 18.2 Å². The van der Waals surface area contributed by atoms with Gasteiger partial charge in [-0.15, -0.1) is 0 Å². The van der Waals surface area contributed by atoms with E-state index in [1.807, 2.05) is 0 Å². The van der Waals surface area contributed by atoms with E-state index in [1.165, 1.54) is 18.7 Å². The second-order valence-electron chi connectivity index (χ2n) is 10.0. The molecule has 1 aromatic rings. The summed E-state index contributed by atoms with van der Waals surface area (Å²) >= 11 is 1.21. The number of nitrogens with zero attached hydrogens (tertiary/aromatic N) is 1. The second kappa shape index (κ2) is 14.4. The molecule has 16 heteroatoms. The molecule has 0 bridgehead atoms. The fourth-order valence-electron chi connectivity index (χ4n) is 4.56. The van der Waals surface area contributed by atoms with Crippen molar-refractivity contribution in [2.45, 2.75) is 62.3 Å². The van der Waals surface area contributed by atoms with Gasteiger partial charge in [-0.1, -0.05) is 18.2 Å². The molecule has 0 aliphatic carbocycles. The molecular weight excluding hydrogens is 574 g/mol. The standard InChI is InChI=1S/C26H35N5O10S/c1-12-4-3-5-14-10-42-11-17(22(35)28-13(2)25(38)39)30-21(34)16(9-41-26(40)19(12)14)29-23(36)20-18(33)6-7-31(20)24(37)15(27)8-32/h3-5,13,15-18,20,32-33H,6-11,27H2,1-2H3,(H,28,35)(H,29,36)(H,30,34)(H,38,39)/t13-,15-,16-,17+,18+,20-/m0/s1. The lowest BCUT2D eigenvalue weighted by Gasteiger charge is -2.29. The maximum absolute atomic E-state index is 13.4. The number of ether oxygens (including phenoxy) is 1. The molecule has 2 aliphatic heterocycles. The van der Waals surface area contributed by atoms with Crippen molar-refractivity contribution in [1.29, 1.82) is 0 Å². The van der Waals surface area contributed by atoms with Gasteiger partial charge < -0.3 is 46.6 Å². The third-order valence-electron chi connectivity index (χ3n) is 6.91. The van der Waals surface area contributed by atoms with Crippen molar-refractivity contribution in [2.75, 3.05) is 25.5 Å². The van der Waals surface area contributed by atoms with E-state index in [9.17, 15) is 44.1 Å². The quantitative estimate of drug-likeness (QED) is 0.156. The molecule has 1 aromatic carbocycles. The Balaban J connectivity index is 1.91. The van der Waals surface area contributed by atoms with Crippen molar-refractivity contribution in [3.63, 3.8) is 0 Å². The molecule has 15 nitrogen and oxygen atoms in total. The average Bonchev–Trinajstić information content (AvgIpc) is 3.33. The number of hydrogen-bond acceptors (Lipinski definition) is 11. The summed E-state index contributed by atoms with van der Waals surface area (Å²) in [6.45, 7) is 1.58. The number of aryl methyl sites for hydroxylation is 1. The molecule has 0 spiro atoms. The minimum Gasteiger partial charge on any atom is -0.480 e. The number of carbonyl (C=O) groups excluding carboxylic acids is 5. The van der Waals surface area contributed by atoms with E-state index in [4.69, 9.17) is 10.5 Å². The summed E-state index contributed by atoms with van der Waals surface area (Å²) in [7, 11) is 0. The number of amides is 4. The number of cyclic esters (lactones) is 1. The van der Waals surface area contributed by atoms with Gasteiger partial charge in [-0.05, 0) is 31.4 Å². The van der Waals surface area contributed by atoms with E-state index in [1.54, 1.807) is 25.1 Å². The SMILES string of the molecule is Cc1cccc2c1C(=O)OC[C@H](NC(=O)[C@@H]1[C@H](O)CCN1C(=O)[C@@H](N)CO)C(=O)N[C@@H](C(=O)N[C@@H](C)C(=O)O)CSC2. The Morgan fingerprint density at radius 3 is 2.62 bits per heavy atom. The van der Waals surface area contributed by atoms with Gasteiger partial charge in [-0.3, -0.25) is 24.0 Å². The first-order valence-corrected chi connectivity index (χ1v) is 14.3. The van der Waals surface area contributed by atoms with Crippen LogP contribution < -0.4 is 21.7 Å². The molecule has 2 aliphatic rings. The molecule has 0 radical (unpaired) electrons. The van der Waals surface area contributed by atoms with Crippen molar-refractivity contribution in [2.24, 2.45) is 5.73 Å². The Labute approximate surface area is 245 Å². The van der Waals surface area contributed by atoms with Gasteiger partial charge >= 0.3 is 11.9 Å². The number of fused-ring (bicyclic) bond motifs is 1. The van der Waals surface area contributed by atoms with E-state index in [0.29, 0.717) is 11.1 Å². The number of carbonyl (C=O) groups is 6. The Hall–Kier alpha value is -3.73. The zero-order chi connectivity index (χ0) is 31.1. The van der Waals surface area contributed by atoms with E-state index >= 15 is 0 Å². The van der Waals surface area contributed by atoms with Gasteiger partial charge in [-0.2, -0.15) is 11.8 Å². The van der Waals surface area contributed by atoms with Gasteiger partial charge in [0.15, 0.2) is 0 Å². The molecule has 0 unspecified atom stereocenters. The van der Waals surface area contributed by atoms with Gasteiger partial charge in [0.25, 0.3) is 0 Å². The summed E-state index contributed by atoms with van der Waals surface area (Å²) in [5, 5.41) is 36.1. The summed E-state index contributed by atoms with van der Waals surface area (Å²) in [4.78, 5) is 77.6. The van der Waals surface area contributed by atoms with Crippen LogP contribution in [-0.4, -0.2) is 118 Å². The number of benzene rings is 1. The Morgan fingerprint density at radius 1 is 1.24 bits per heavy atom. The van der Waals surface area contributed by atoms with Crippen LogP contribution in [0.2, 0.25) is 0 Å². The van der Waals surface area contributed by atoms with Crippen LogP contribution in [0.4, 0.5) is 0 Å². The molecule has 230 valence electrons. The molecule has 2 heterocycles. The normalized spacial score (nSPS) is 24.5. The first kappa shape index (κ1) is 32.8. The maximum Gasteiger partial charge on any atom is 0.338 e. The molecule has 0 saturated carbocycles. The molecular formula is C26H35N5O10S. The minimum atomic E-state index is -1.57. The monoisotopic (exact) mass is 609 g/mol. The summed E-state index contributed by atoms with van der Waals surface area (Å²) in [5.74, 6) is -5.20. The van der Waals surface area contributed by atoms with Gasteiger partial charge in [0.1, 0.15) is 36.8 Å². The Bertz CT molecular complexity index is 1230. The second-order valence-corrected chi connectivity index (χ2v) is 11.1.